The van der Waals surface area contributed by atoms with Crippen LogP contribution in [0.2, 0.25) is 0 Å². The van der Waals surface area contributed by atoms with E-state index >= 15 is 0 Å². The van der Waals surface area contributed by atoms with E-state index in [0.29, 0.717) is 13.0 Å². The first-order valence-corrected chi connectivity index (χ1v) is 6.02. The molecule has 110 valence electrons. The van der Waals surface area contributed by atoms with Gasteiger partial charge in [-0.25, -0.2) is 4.79 Å². The molecule has 0 unspecified atom stereocenters. The summed E-state index contributed by atoms with van der Waals surface area (Å²) < 4.78 is 5.59. The van der Waals surface area contributed by atoms with Crippen LogP contribution in [0.15, 0.2) is 4.99 Å². The molecular weight excluding hydrogens is 252 g/mol. The third kappa shape index (κ3) is 10.0. The largest absolute Gasteiger partial charge is 0.862 e. The number of likely N-dealkylation sites (N-methyl/N-ethyl adjacent to an activating group) is 1. The summed E-state index contributed by atoms with van der Waals surface area (Å²) in [5, 5.41) is 18.6. The average molecular weight is 274 g/mol. The van der Waals surface area contributed by atoms with Crippen molar-refractivity contribution in [1.29, 1.82) is 0 Å². The molecule has 1 N–H and O–H groups in total. The maximum Gasteiger partial charge on any atom is 0.328 e. The normalized spacial score (nSPS) is 18.1. The minimum absolute atomic E-state index is 0.201. The number of rotatable bonds is 4. The Kier molecular flexibility index (Phi) is 7.06. The van der Waals surface area contributed by atoms with Crippen molar-refractivity contribution in [3.63, 3.8) is 0 Å². The van der Waals surface area contributed by atoms with Crippen molar-refractivity contribution < 1.29 is 29.0 Å². The first-order valence-electron chi connectivity index (χ1n) is 6.02. The van der Waals surface area contributed by atoms with E-state index in [2.05, 4.69) is 26.1 Å². The molecule has 1 rings (SSSR count). The molecule has 0 amide bonds. The van der Waals surface area contributed by atoms with Crippen molar-refractivity contribution in [3.05, 3.63) is 0 Å². The van der Waals surface area contributed by atoms with Gasteiger partial charge in [-0.2, -0.15) is 0 Å². The maximum atomic E-state index is 10.3. The summed E-state index contributed by atoms with van der Waals surface area (Å²) in [6.07, 6.45) is 0.658. The molecule has 19 heavy (non-hydrogen) atoms. The van der Waals surface area contributed by atoms with Gasteiger partial charge in [0.05, 0.1) is 21.1 Å². The van der Waals surface area contributed by atoms with Gasteiger partial charge in [0.15, 0.2) is 0 Å². The lowest BCUT2D eigenvalue weighted by Gasteiger charge is -2.23. The molecule has 0 fully saturated rings. The van der Waals surface area contributed by atoms with Gasteiger partial charge in [-0.05, 0) is 18.7 Å². The fraction of sp³-hybridized carbons (Fsp3) is 0.750. The molecule has 0 aromatic carbocycles. The van der Waals surface area contributed by atoms with Gasteiger partial charge in [-0.15, -0.1) is 0 Å². The van der Waals surface area contributed by atoms with E-state index in [1.54, 1.807) is 0 Å². The van der Waals surface area contributed by atoms with Gasteiger partial charge in [0.2, 0.25) is 0 Å². The van der Waals surface area contributed by atoms with Crippen molar-refractivity contribution in [2.75, 3.05) is 34.3 Å². The van der Waals surface area contributed by atoms with E-state index in [1.807, 2.05) is 0 Å². The fourth-order valence-electron chi connectivity index (χ4n) is 1.21. The molecule has 0 saturated carbocycles. The lowest BCUT2D eigenvalue weighted by molar-refractivity contribution is -0.870. The fourth-order valence-corrected chi connectivity index (χ4v) is 1.21. The van der Waals surface area contributed by atoms with Gasteiger partial charge in [0, 0.05) is 6.92 Å². The number of nitrogens with zero attached hydrogens (tertiary/aromatic N) is 2. The third-order valence-electron chi connectivity index (χ3n) is 2.28. The molecule has 0 spiro atoms. The van der Waals surface area contributed by atoms with Crippen LogP contribution in [0, 0.1) is 0 Å². The number of carbonyl (C=O) groups excluding carboxylic acids is 1. The zero-order valence-electron chi connectivity index (χ0n) is 11.9. The van der Waals surface area contributed by atoms with Crippen molar-refractivity contribution in [1.82, 2.24) is 0 Å². The van der Waals surface area contributed by atoms with Crippen LogP contribution in [0.5, 0.6) is 0 Å². The van der Waals surface area contributed by atoms with Crippen LogP contribution in [-0.2, 0) is 14.3 Å². The van der Waals surface area contributed by atoms with Gasteiger partial charge in [0.25, 0.3) is 0 Å². The Bertz CT molecular complexity index is 347. The minimum atomic E-state index is -0.999. The van der Waals surface area contributed by atoms with Crippen LogP contribution < -0.4 is 5.11 Å². The van der Waals surface area contributed by atoms with E-state index in [-0.39, 0.29) is 18.3 Å². The smallest absolute Gasteiger partial charge is 0.328 e. The summed E-state index contributed by atoms with van der Waals surface area (Å²) in [6, 6.07) is -0.766. The molecule has 0 saturated heterocycles. The van der Waals surface area contributed by atoms with Gasteiger partial charge >= 0.3 is 11.9 Å². The van der Waals surface area contributed by atoms with Crippen LogP contribution in [0.25, 0.3) is 0 Å². The number of esters is 1. The van der Waals surface area contributed by atoms with Gasteiger partial charge in [-0.1, -0.05) is 0 Å². The number of aliphatic carboxylic acids is 1. The number of hydrogen-bond acceptors (Lipinski definition) is 5. The molecular formula is C12H22N2O5. The number of quaternary nitrogens is 1. The van der Waals surface area contributed by atoms with E-state index in [4.69, 9.17) is 9.84 Å². The predicted molar refractivity (Wildman–Crippen MR) is 67.6 cm³/mol. The van der Waals surface area contributed by atoms with Gasteiger partial charge in [0.1, 0.15) is 19.2 Å². The Morgan fingerprint density at radius 2 is 2.05 bits per heavy atom. The Hall–Kier alpha value is -1.63. The van der Waals surface area contributed by atoms with Crippen LogP contribution in [0.3, 0.4) is 0 Å². The molecule has 1 atom stereocenters. The molecule has 0 aromatic heterocycles. The zero-order chi connectivity index (χ0) is 15.1. The summed E-state index contributed by atoms with van der Waals surface area (Å²) >= 11 is 0. The van der Waals surface area contributed by atoms with Gasteiger partial charge < -0.3 is 19.4 Å². The number of carbonyl (C=O) groups is 2. The molecule has 7 heteroatoms. The van der Waals surface area contributed by atoms with Crippen molar-refractivity contribution in [2.24, 2.45) is 4.99 Å². The zero-order valence-corrected chi connectivity index (χ0v) is 11.9. The Morgan fingerprint density at radius 3 is 2.32 bits per heavy atom. The molecule has 0 radical (unpaired) electrons. The van der Waals surface area contributed by atoms with E-state index in [1.165, 1.54) is 6.92 Å². The highest BCUT2D eigenvalue weighted by Gasteiger charge is 2.18. The summed E-state index contributed by atoms with van der Waals surface area (Å²) in [6.45, 7) is 2.80. The lowest BCUT2D eigenvalue weighted by atomic mass is 10.2. The van der Waals surface area contributed by atoms with E-state index in [9.17, 15) is 14.7 Å². The highest BCUT2D eigenvalue weighted by molar-refractivity contribution is 5.83. The van der Waals surface area contributed by atoms with Crippen molar-refractivity contribution in [3.8, 4) is 0 Å². The SMILES string of the molecule is CC(=O)OCC[N+](C)(C)C.O=C(O)[C@@H]1CCC([O-])=N1. The van der Waals surface area contributed by atoms with Crippen LogP contribution in [-0.4, -0.2) is 67.8 Å². The first kappa shape index (κ1) is 17.4. The Morgan fingerprint density at radius 1 is 1.47 bits per heavy atom. The second kappa shape index (κ2) is 7.73. The summed E-state index contributed by atoms with van der Waals surface area (Å²) in [7, 11) is 6.18. The maximum absolute atomic E-state index is 10.3. The Labute approximate surface area is 113 Å². The molecule has 0 aliphatic carbocycles. The minimum Gasteiger partial charge on any atom is -0.862 e. The highest BCUT2D eigenvalue weighted by Crippen LogP contribution is 2.09. The topological polar surface area (TPSA) is 99.0 Å². The van der Waals surface area contributed by atoms with E-state index in [0.717, 1.165) is 11.0 Å². The predicted octanol–water partition coefficient (Wildman–Crippen LogP) is -0.752. The second-order valence-electron chi connectivity index (χ2n) is 5.27. The second-order valence-corrected chi connectivity index (χ2v) is 5.27. The highest BCUT2D eigenvalue weighted by atomic mass is 16.5. The first-order chi connectivity index (χ1) is 8.61. The summed E-state index contributed by atoms with van der Waals surface area (Å²) in [4.78, 5) is 23.8. The van der Waals surface area contributed by atoms with E-state index < -0.39 is 12.0 Å². The number of carboxylic acids is 1. The molecule has 1 aliphatic heterocycles. The molecule has 1 heterocycles. The molecule has 7 nitrogen and oxygen atoms in total. The monoisotopic (exact) mass is 274 g/mol. The van der Waals surface area contributed by atoms with Crippen LogP contribution in [0.4, 0.5) is 0 Å². The third-order valence-corrected chi connectivity index (χ3v) is 2.28. The van der Waals surface area contributed by atoms with Crippen molar-refractivity contribution >= 4 is 17.8 Å². The standard InChI is InChI=1S/C7H16NO2.C5H7NO3/c1-7(9)10-6-5-8(2,3)4;7-4-2-1-3(6-4)5(8)9/h5-6H2,1-4H3;3H,1-2H2,(H,6,7)(H,8,9)/q+1;/p-1/t;3-/m.0/s1. The molecule has 0 bridgehead atoms. The Balaban J connectivity index is 0.000000342. The van der Waals surface area contributed by atoms with Crippen LogP contribution in [0.1, 0.15) is 19.8 Å². The van der Waals surface area contributed by atoms with Crippen LogP contribution >= 0.6 is 0 Å². The molecule has 0 aromatic rings. The average Bonchev–Trinajstić information content (AvgIpc) is 2.63. The number of hydrogen-bond donors (Lipinski definition) is 1. The summed E-state index contributed by atoms with van der Waals surface area (Å²) in [5.41, 5.74) is 0. The lowest BCUT2D eigenvalue weighted by Crippen LogP contribution is -2.37. The quantitative estimate of drug-likeness (QED) is 0.537. The summed E-state index contributed by atoms with van der Waals surface area (Å²) in [5.74, 6) is -1.49. The number of ether oxygens (including phenoxy) is 1. The molecule has 1 aliphatic rings. The van der Waals surface area contributed by atoms with Crippen molar-refractivity contribution in [2.45, 2.75) is 25.8 Å². The van der Waals surface area contributed by atoms with Gasteiger partial charge in [-0.3, -0.25) is 9.79 Å². The number of aliphatic imine (C=N–C) groups is 1. The number of carboxylic acid groups (broad SMARTS) is 1.